The van der Waals surface area contributed by atoms with Gasteiger partial charge in [0.05, 0.1) is 17.7 Å². The lowest BCUT2D eigenvalue weighted by Crippen LogP contribution is -2.33. The molecule has 0 aliphatic rings. The minimum Gasteiger partial charge on any atom is -0.484 e. The highest BCUT2D eigenvalue weighted by Gasteiger charge is 2.17. The highest BCUT2D eigenvalue weighted by molar-refractivity contribution is 6.30. The van der Waals surface area contributed by atoms with Gasteiger partial charge in [-0.05, 0) is 41.5 Å². The highest BCUT2D eigenvalue weighted by Crippen LogP contribution is 2.23. The zero-order chi connectivity index (χ0) is 19.1. The Hall–Kier alpha value is -3.29. The predicted octanol–water partition coefficient (Wildman–Crippen LogP) is 4.50. The highest BCUT2D eigenvalue weighted by atomic mass is 35.5. The number of carbonyl (C=O) groups is 1. The molecule has 0 heterocycles. The standard InChI is InChI=1S/C22H17ClN2O2/c23-19-11-9-18(10-12-19)22(17-6-2-1-3-7-17)25-21(26)15-27-20-8-4-5-16(13-20)14-24/h1-13,22H,15H2,(H,25,26)/t22-/m1/s1. The Morgan fingerprint density at radius 3 is 2.41 bits per heavy atom. The summed E-state index contributed by atoms with van der Waals surface area (Å²) < 4.78 is 5.52. The average Bonchev–Trinajstić information content (AvgIpc) is 2.72. The molecule has 27 heavy (non-hydrogen) atoms. The van der Waals surface area contributed by atoms with E-state index < -0.39 is 0 Å². The van der Waals surface area contributed by atoms with Gasteiger partial charge in [0.15, 0.2) is 6.61 Å². The summed E-state index contributed by atoms with van der Waals surface area (Å²) in [5, 5.41) is 12.6. The normalized spacial score (nSPS) is 11.3. The summed E-state index contributed by atoms with van der Waals surface area (Å²) in [4.78, 5) is 12.5. The van der Waals surface area contributed by atoms with E-state index in [-0.39, 0.29) is 18.6 Å². The van der Waals surface area contributed by atoms with E-state index in [0.29, 0.717) is 16.3 Å². The van der Waals surface area contributed by atoms with Crippen molar-refractivity contribution in [1.82, 2.24) is 5.32 Å². The van der Waals surface area contributed by atoms with Gasteiger partial charge in [0.25, 0.3) is 5.91 Å². The van der Waals surface area contributed by atoms with Crippen LogP contribution in [-0.2, 0) is 4.79 Å². The van der Waals surface area contributed by atoms with Gasteiger partial charge >= 0.3 is 0 Å². The maximum absolute atomic E-state index is 12.5. The molecule has 0 saturated heterocycles. The summed E-state index contributed by atoms with van der Waals surface area (Å²) >= 11 is 5.98. The lowest BCUT2D eigenvalue weighted by molar-refractivity contribution is -0.123. The summed E-state index contributed by atoms with van der Waals surface area (Å²) in [6.45, 7) is -0.147. The van der Waals surface area contributed by atoms with Gasteiger partial charge in [0.1, 0.15) is 5.75 Å². The third-order valence-corrected chi connectivity index (χ3v) is 4.23. The van der Waals surface area contributed by atoms with Gasteiger partial charge < -0.3 is 10.1 Å². The molecule has 0 aliphatic heterocycles. The fourth-order valence-electron chi connectivity index (χ4n) is 2.67. The monoisotopic (exact) mass is 376 g/mol. The maximum Gasteiger partial charge on any atom is 0.258 e. The molecule has 0 bridgehead atoms. The molecule has 1 amide bonds. The van der Waals surface area contributed by atoms with E-state index >= 15 is 0 Å². The van der Waals surface area contributed by atoms with Crippen molar-refractivity contribution in [3.05, 3.63) is 101 Å². The Morgan fingerprint density at radius 2 is 1.70 bits per heavy atom. The van der Waals surface area contributed by atoms with E-state index in [1.165, 1.54) is 0 Å². The van der Waals surface area contributed by atoms with Crippen LogP contribution in [0.25, 0.3) is 0 Å². The van der Waals surface area contributed by atoms with Gasteiger partial charge in [0.2, 0.25) is 0 Å². The molecule has 134 valence electrons. The molecule has 3 rings (SSSR count). The summed E-state index contributed by atoms with van der Waals surface area (Å²) in [5.74, 6) is 0.216. The summed E-state index contributed by atoms with van der Waals surface area (Å²) in [6, 6.07) is 25.5. The Kier molecular flexibility index (Phi) is 6.09. The van der Waals surface area contributed by atoms with Crippen LogP contribution in [-0.4, -0.2) is 12.5 Å². The van der Waals surface area contributed by atoms with Crippen molar-refractivity contribution in [1.29, 1.82) is 5.26 Å². The van der Waals surface area contributed by atoms with Crippen LogP contribution in [0.3, 0.4) is 0 Å². The van der Waals surface area contributed by atoms with Crippen LogP contribution in [0.2, 0.25) is 5.02 Å². The first-order valence-corrected chi connectivity index (χ1v) is 8.76. The smallest absolute Gasteiger partial charge is 0.258 e. The Labute approximate surface area is 163 Å². The molecular formula is C22H17ClN2O2. The molecule has 0 unspecified atom stereocenters. The van der Waals surface area contributed by atoms with E-state index in [4.69, 9.17) is 21.6 Å². The number of hydrogen-bond donors (Lipinski definition) is 1. The molecule has 0 radical (unpaired) electrons. The molecule has 3 aromatic rings. The number of carbonyl (C=O) groups excluding carboxylic acids is 1. The van der Waals surface area contributed by atoms with Crippen LogP contribution < -0.4 is 10.1 Å². The number of rotatable bonds is 6. The summed E-state index contributed by atoms with van der Waals surface area (Å²) in [5.41, 5.74) is 2.36. The molecular weight excluding hydrogens is 360 g/mol. The number of ether oxygens (including phenoxy) is 1. The van der Waals surface area contributed by atoms with Gasteiger partial charge in [-0.25, -0.2) is 0 Å². The first-order chi connectivity index (χ1) is 13.2. The Morgan fingerprint density at radius 1 is 1.00 bits per heavy atom. The van der Waals surface area contributed by atoms with Crippen molar-refractivity contribution < 1.29 is 9.53 Å². The molecule has 0 fully saturated rings. The molecule has 0 aliphatic carbocycles. The van der Waals surface area contributed by atoms with E-state index in [1.54, 1.807) is 36.4 Å². The third-order valence-electron chi connectivity index (χ3n) is 3.97. The lowest BCUT2D eigenvalue weighted by atomic mass is 9.99. The van der Waals surface area contributed by atoms with Gasteiger partial charge in [-0.3, -0.25) is 4.79 Å². The number of amides is 1. The van der Waals surface area contributed by atoms with Crippen LogP contribution in [0.4, 0.5) is 0 Å². The maximum atomic E-state index is 12.5. The van der Waals surface area contributed by atoms with Crippen LogP contribution >= 0.6 is 11.6 Å². The van der Waals surface area contributed by atoms with Gasteiger partial charge in [-0.1, -0.05) is 60.1 Å². The molecule has 3 aromatic carbocycles. The Balaban J connectivity index is 1.72. The van der Waals surface area contributed by atoms with Crippen molar-refractivity contribution >= 4 is 17.5 Å². The van der Waals surface area contributed by atoms with Crippen molar-refractivity contribution in [2.24, 2.45) is 0 Å². The van der Waals surface area contributed by atoms with Crippen LogP contribution in [0.15, 0.2) is 78.9 Å². The minimum absolute atomic E-state index is 0.147. The number of nitriles is 1. The second kappa shape index (κ2) is 8.88. The van der Waals surface area contributed by atoms with Crippen molar-refractivity contribution in [2.75, 3.05) is 6.61 Å². The van der Waals surface area contributed by atoms with Crippen molar-refractivity contribution in [2.45, 2.75) is 6.04 Å². The number of nitrogens with one attached hydrogen (secondary N) is 1. The number of halogens is 1. The van der Waals surface area contributed by atoms with Crippen LogP contribution in [0.1, 0.15) is 22.7 Å². The molecule has 0 aromatic heterocycles. The predicted molar refractivity (Wildman–Crippen MR) is 105 cm³/mol. The molecule has 4 nitrogen and oxygen atoms in total. The fraction of sp³-hybridized carbons (Fsp3) is 0.0909. The largest absolute Gasteiger partial charge is 0.484 e. The molecule has 5 heteroatoms. The molecule has 1 atom stereocenters. The number of benzene rings is 3. The van der Waals surface area contributed by atoms with E-state index in [0.717, 1.165) is 11.1 Å². The molecule has 0 saturated carbocycles. The van der Waals surface area contributed by atoms with Crippen LogP contribution in [0, 0.1) is 11.3 Å². The SMILES string of the molecule is N#Cc1cccc(OCC(=O)N[C@H](c2ccccc2)c2ccc(Cl)cc2)c1. The summed E-state index contributed by atoms with van der Waals surface area (Å²) in [7, 11) is 0. The van der Waals surface area contributed by atoms with Gasteiger partial charge in [0, 0.05) is 5.02 Å². The zero-order valence-electron chi connectivity index (χ0n) is 14.4. The summed E-state index contributed by atoms with van der Waals surface area (Å²) in [6.07, 6.45) is 0. The second-order valence-electron chi connectivity index (χ2n) is 5.89. The zero-order valence-corrected chi connectivity index (χ0v) is 15.2. The van der Waals surface area contributed by atoms with Crippen molar-refractivity contribution in [3.8, 4) is 11.8 Å². The topological polar surface area (TPSA) is 62.1 Å². The van der Waals surface area contributed by atoms with Gasteiger partial charge in [-0.15, -0.1) is 0 Å². The lowest BCUT2D eigenvalue weighted by Gasteiger charge is -2.20. The Bertz CT molecular complexity index is 950. The third kappa shape index (κ3) is 5.10. The van der Waals surface area contributed by atoms with Crippen molar-refractivity contribution in [3.63, 3.8) is 0 Å². The quantitative estimate of drug-likeness (QED) is 0.689. The first-order valence-electron chi connectivity index (χ1n) is 8.38. The molecule has 1 N–H and O–H groups in total. The van der Waals surface area contributed by atoms with Gasteiger partial charge in [-0.2, -0.15) is 5.26 Å². The number of hydrogen-bond acceptors (Lipinski definition) is 3. The average molecular weight is 377 g/mol. The van der Waals surface area contributed by atoms with Crippen LogP contribution in [0.5, 0.6) is 5.75 Å². The minimum atomic E-state index is -0.315. The first kappa shape index (κ1) is 18.5. The fourth-order valence-corrected chi connectivity index (χ4v) is 2.79. The second-order valence-corrected chi connectivity index (χ2v) is 6.33. The van der Waals surface area contributed by atoms with E-state index in [9.17, 15) is 4.79 Å². The van der Waals surface area contributed by atoms with E-state index in [2.05, 4.69) is 5.32 Å². The molecule has 0 spiro atoms. The van der Waals surface area contributed by atoms with E-state index in [1.807, 2.05) is 48.5 Å². The number of nitrogens with zero attached hydrogens (tertiary/aromatic N) is 1.